The van der Waals surface area contributed by atoms with Crippen LogP contribution in [0.1, 0.15) is 12.0 Å². The summed E-state index contributed by atoms with van der Waals surface area (Å²) >= 11 is 0. The van der Waals surface area contributed by atoms with Gasteiger partial charge >= 0.3 is 0 Å². The van der Waals surface area contributed by atoms with Crippen molar-refractivity contribution in [2.45, 2.75) is 12.8 Å². The van der Waals surface area contributed by atoms with Crippen molar-refractivity contribution >= 4 is 17.5 Å². The molecule has 0 aromatic heterocycles. The lowest BCUT2D eigenvalue weighted by Gasteiger charge is -2.16. The number of nitrogens with zero attached hydrogens (tertiary/aromatic N) is 1. The molecule has 0 aliphatic carbocycles. The maximum Gasteiger partial charge on any atom is 0.227 e. The van der Waals surface area contributed by atoms with Crippen LogP contribution in [-0.2, 0) is 16.0 Å². The minimum absolute atomic E-state index is 0.0753. The van der Waals surface area contributed by atoms with Crippen molar-refractivity contribution in [1.29, 1.82) is 0 Å². The van der Waals surface area contributed by atoms with Gasteiger partial charge in [-0.25, -0.2) is 0 Å². The van der Waals surface area contributed by atoms with E-state index in [4.69, 9.17) is 10.8 Å². The van der Waals surface area contributed by atoms with E-state index in [0.717, 1.165) is 11.3 Å². The lowest BCUT2D eigenvalue weighted by Crippen LogP contribution is -2.28. The van der Waals surface area contributed by atoms with Crippen molar-refractivity contribution < 1.29 is 14.7 Å². The van der Waals surface area contributed by atoms with Crippen LogP contribution in [0.15, 0.2) is 24.3 Å². The van der Waals surface area contributed by atoms with Gasteiger partial charge in [-0.15, -0.1) is 0 Å². The average molecular weight is 248 g/mol. The zero-order valence-corrected chi connectivity index (χ0v) is 10.0. The largest absolute Gasteiger partial charge is 0.396 e. The van der Waals surface area contributed by atoms with Gasteiger partial charge in [0.2, 0.25) is 11.8 Å². The number of aliphatic hydroxyl groups is 1. The first-order chi connectivity index (χ1) is 8.61. The summed E-state index contributed by atoms with van der Waals surface area (Å²) in [5, 5.41) is 8.82. The molecule has 1 aromatic carbocycles. The molecule has 0 saturated carbocycles. The van der Waals surface area contributed by atoms with Crippen LogP contribution in [0.4, 0.5) is 5.69 Å². The van der Waals surface area contributed by atoms with Gasteiger partial charge in [0.05, 0.1) is 5.92 Å². The van der Waals surface area contributed by atoms with Crippen molar-refractivity contribution in [3.05, 3.63) is 29.8 Å². The Hall–Kier alpha value is -1.88. The first-order valence-corrected chi connectivity index (χ1v) is 5.91. The highest BCUT2D eigenvalue weighted by molar-refractivity contribution is 6.00. The molecule has 0 bridgehead atoms. The van der Waals surface area contributed by atoms with E-state index >= 15 is 0 Å². The fraction of sp³-hybridized carbons (Fsp3) is 0.385. The topological polar surface area (TPSA) is 83.6 Å². The van der Waals surface area contributed by atoms with Crippen LogP contribution in [0, 0.1) is 5.92 Å². The molecule has 1 unspecified atom stereocenters. The number of hydrogen-bond acceptors (Lipinski definition) is 3. The first-order valence-electron chi connectivity index (χ1n) is 5.91. The van der Waals surface area contributed by atoms with Crippen LogP contribution >= 0.6 is 0 Å². The number of hydrogen-bond donors (Lipinski definition) is 2. The van der Waals surface area contributed by atoms with E-state index in [0.29, 0.717) is 13.0 Å². The van der Waals surface area contributed by atoms with E-state index in [1.807, 2.05) is 24.3 Å². The second-order valence-electron chi connectivity index (χ2n) is 4.45. The van der Waals surface area contributed by atoms with Crippen molar-refractivity contribution in [1.82, 2.24) is 0 Å². The monoisotopic (exact) mass is 248 g/mol. The quantitative estimate of drug-likeness (QED) is 0.790. The zero-order valence-electron chi connectivity index (χ0n) is 10.0. The van der Waals surface area contributed by atoms with E-state index in [-0.39, 0.29) is 18.9 Å². The van der Waals surface area contributed by atoms with Crippen molar-refractivity contribution in [2.75, 3.05) is 18.1 Å². The van der Waals surface area contributed by atoms with Gasteiger partial charge in [0.1, 0.15) is 0 Å². The summed E-state index contributed by atoms with van der Waals surface area (Å²) in [5.74, 6) is -0.897. The Morgan fingerprint density at radius 3 is 2.56 bits per heavy atom. The normalized spacial score (nSPS) is 19.3. The Bertz CT molecular complexity index is 456. The molecular formula is C13H16N2O3. The minimum Gasteiger partial charge on any atom is -0.396 e. The summed E-state index contributed by atoms with van der Waals surface area (Å²) in [6.45, 7) is 0.458. The van der Waals surface area contributed by atoms with Crippen LogP contribution in [0.5, 0.6) is 0 Å². The Kier molecular flexibility index (Phi) is 3.62. The third-order valence-corrected chi connectivity index (χ3v) is 3.18. The fourth-order valence-electron chi connectivity index (χ4n) is 2.12. The number of aliphatic hydroxyl groups excluding tert-OH is 1. The summed E-state index contributed by atoms with van der Waals surface area (Å²) in [5.41, 5.74) is 7.00. The smallest absolute Gasteiger partial charge is 0.227 e. The minimum atomic E-state index is -0.428. The molecule has 1 fully saturated rings. The van der Waals surface area contributed by atoms with Crippen molar-refractivity contribution in [2.24, 2.45) is 11.7 Å². The number of rotatable bonds is 4. The number of nitrogens with two attached hydrogens (primary N) is 1. The van der Waals surface area contributed by atoms with Crippen molar-refractivity contribution in [3.63, 3.8) is 0 Å². The molecule has 18 heavy (non-hydrogen) atoms. The summed E-state index contributed by atoms with van der Waals surface area (Å²) < 4.78 is 0. The third kappa shape index (κ3) is 2.51. The molecule has 1 saturated heterocycles. The van der Waals surface area contributed by atoms with Crippen LogP contribution < -0.4 is 10.6 Å². The number of carbonyl (C=O) groups excluding carboxylic acids is 2. The zero-order chi connectivity index (χ0) is 13.1. The maximum absolute atomic E-state index is 11.8. The molecular weight excluding hydrogens is 232 g/mol. The van der Waals surface area contributed by atoms with Gasteiger partial charge in [-0.05, 0) is 24.1 Å². The van der Waals surface area contributed by atoms with E-state index in [2.05, 4.69) is 0 Å². The lowest BCUT2D eigenvalue weighted by molar-refractivity contribution is -0.123. The molecule has 2 amide bonds. The Balaban J connectivity index is 2.12. The Morgan fingerprint density at radius 2 is 2.06 bits per heavy atom. The second-order valence-corrected chi connectivity index (χ2v) is 4.45. The summed E-state index contributed by atoms with van der Waals surface area (Å²) in [6.07, 6.45) is 0.784. The van der Waals surface area contributed by atoms with Gasteiger partial charge in [-0.1, -0.05) is 12.1 Å². The molecule has 3 N–H and O–H groups in total. The number of amides is 2. The maximum atomic E-state index is 11.8. The number of benzene rings is 1. The summed E-state index contributed by atoms with van der Waals surface area (Å²) in [7, 11) is 0. The molecule has 1 heterocycles. The van der Waals surface area contributed by atoms with Crippen LogP contribution in [0.2, 0.25) is 0 Å². The highest BCUT2D eigenvalue weighted by atomic mass is 16.3. The van der Waals surface area contributed by atoms with Crippen LogP contribution in [-0.4, -0.2) is 30.1 Å². The molecule has 1 aliphatic heterocycles. The number of anilines is 1. The average Bonchev–Trinajstić information content (AvgIpc) is 2.73. The number of primary amides is 1. The first kappa shape index (κ1) is 12.6. The van der Waals surface area contributed by atoms with Gasteiger partial charge in [0.15, 0.2) is 0 Å². The van der Waals surface area contributed by atoms with Gasteiger partial charge < -0.3 is 15.7 Å². The molecule has 5 heteroatoms. The summed E-state index contributed by atoms with van der Waals surface area (Å²) in [6, 6.07) is 7.39. The molecule has 0 radical (unpaired) electrons. The highest BCUT2D eigenvalue weighted by Gasteiger charge is 2.33. The van der Waals surface area contributed by atoms with Crippen LogP contribution in [0.25, 0.3) is 0 Å². The van der Waals surface area contributed by atoms with E-state index in [9.17, 15) is 9.59 Å². The van der Waals surface area contributed by atoms with Gasteiger partial charge in [0, 0.05) is 25.3 Å². The van der Waals surface area contributed by atoms with Gasteiger partial charge in [-0.2, -0.15) is 0 Å². The molecule has 0 spiro atoms. The molecule has 1 atom stereocenters. The standard InChI is InChI=1S/C13H16N2O3/c14-13(18)10-7-12(17)15(8-10)11-3-1-9(2-4-11)5-6-16/h1-4,10,16H,5-8H2,(H2,14,18). The Morgan fingerprint density at radius 1 is 1.39 bits per heavy atom. The molecule has 96 valence electrons. The van der Waals surface area contributed by atoms with Crippen molar-refractivity contribution in [3.8, 4) is 0 Å². The third-order valence-electron chi connectivity index (χ3n) is 3.18. The van der Waals surface area contributed by atoms with E-state index < -0.39 is 11.8 Å². The van der Waals surface area contributed by atoms with Crippen LogP contribution in [0.3, 0.4) is 0 Å². The SMILES string of the molecule is NC(=O)C1CC(=O)N(c2ccc(CCO)cc2)C1. The Labute approximate surface area is 105 Å². The van der Waals surface area contributed by atoms with Gasteiger partial charge in [-0.3, -0.25) is 9.59 Å². The molecule has 1 aliphatic rings. The molecule has 2 rings (SSSR count). The molecule has 1 aromatic rings. The summed E-state index contributed by atoms with van der Waals surface area (Å²) in [4.78, 5) is 24.4. The predicted molar refractivity (Wildman–Crippen MR) is 66.9 cm³/mol. The van der Waals surface area contributed by atoms with E-state index in [1.165, 1.54) is 0 Å². The second kappa shape index (κ2) is 5.18. The van der Waals surface area contributed by atoms with E-state index in [1.54, 1.807) is 4.90 Å². The molecule has 5 nitrogen and oxygen atoms in total. The van der Waals surface area contributed by atoms with Gasteiger partial charge in [0.25, 0.3) is 0 Å². The highest BCUT2D eigenvalue weighted by Crippen LogP contribution is 2.25. The predicted octanol–water partition coefficient (Wildman–Crippen LogP) is 0.0596. The number of carbonyl (C=O) groups is 2. The fourth-order valence-corrected chi connectivity index (χ4v) is 2.12. The lowest BCUT2D eigenvalue weighted by atomic mass is 10.1.